The molecule has 4 aromatic carbocycles. The van der Waals surface area contributed by atoms with Crippen molar-refractivity contribution in [1.29, 1.82) is 5.26 Å². The molecule has 4 nitrogen and oxygen atoms in total. The van der Waals surface area contributed by atoms with E-state index in [2.05, 4.69) is 58.2 Å². The Hall–Kier alpha value is -3.34. The average Bonchev–Trinajstić information content (AvgIpc) is 2.83. The Morgan fingerprint density at radius 3 is 2.48 bits per heavy atom. The number of nitrogens with one attached hydrogen (secondary N) is 1. The highest BCUT2D eigenvalue weighted by Crippen LogP contribution is 2.25. The maximum Gasteiger partial charge on any atom is 0.266 e. The third-order valence-electron chi connectivity index (χ3n) is 4.94. The Kier molecular flexibility index (Phi) is 7.28. The van der Waals surface area contributed by atoms with Crippen LogP contribution >= 0.6 is 34.2 Å². The van der Waals surface area contributed by atoms with Crippen LogP contribution in [0.4, 0.5) is 5.69 Å². The fourth-order valence-electron chi connectivity index (χ4n) is 3.26. The molecule has 0 aliphatic heterocycles. The van der Waals surface area contributed by atoms with Gasteiger partial charge in [-0.05, 0) is 93.0 Å². The summed E-state index contributed by atoms with van der Waals surface area (Å²) in [5, 5.41) is 15.1. The van der Waals surface area contributed by atoms with Crippen LogP contribution in [0.3, 0.4) is 0 Å². The summed E-state index contributed by atoms with van der Waals surface area (Å²) in [4.78, 5) is 12.5. The van der Waals surface area contributed by atoms with Crippen LogP contribution in [-0.2, 0) is 11.4 Å². The van der Waals surface area contributed by atoms with Gasteiger partial charge in [0, 0.05) is 10.7 Å². The van der Waals surface area contributed by atoms with E-state index >= 15 is 0 Å². The minimum atomic E-state index is -0.480. The van der Waals surface area contributed by atoms with Crippen molar-refractivity contribution < 1.29 is 9.53 Å². The van der Waals surface area contributed by atoms with E-state index in [0.717, 1.165) is 20.4 Å². The Balaban J connectivity index is 1.45. The third kappa shape index (κ3) is 5.92. The third-order valence-corrected chi connectivity index (χ3v) is 6.04. The molecule has 0 aliphatic carbocycles. The summed E-state index contributed by atoms with van der Waals surface area (Å²) in [6.07, 6.45) is 1.56. The molecule has 4 rings (SSSR count). The van der Waals surface area contributed by atoms with Gasteiger partial charge in [0.15, 0.2) is 0 Å². The number of hydrogen-bond acceptors (Lipinski definition) is 3. The number of rotatable bonds is 6. The summed E-state index contributed by atoms with van der Waals surface area (Å²) < 4.78 is 6.90. The van der Waals surface area contributed by atoms with Crippen molar-refractivity contribution >= 4 is 62.6 Å². The number of hydrogen-bond donors (Lipinski definition) is 1. The zero-order valence-corrected chi connectivity index (χ0v) is 20.3. The molecule has 1 amide bonds. The van der Waals surface area contributed by atoms with Crippen LogP contribution in [0, 0.1) is 14.9 Å². The minimum Gasteiger partial charge on any atom is -0.488 e. The first kappa shape index (κ1) is 22.8. The lowest BCUT2D eigenvalue weighted by Crippen LogP contribution is -2.13. The number of fused-ring (bicyclic) bond motifs is 1. The van der Waals surface area contributed by atoms with Crippen molar-refractivity contribution in [2.24, 2.45) is 0 Å². The van der Waals surface area contributed by atoms with Crippen LogP contribution < -0.4 is 10.1 Å². The molecule has 0 saturated carbocycles. The SMILES string of the molecule is N#C/C(=C/c1ccc(OCc2ccc3ccccc3c2)c(I)c1)C(=O)Nc1ccc(Cl)cc1. The van der Waals surface area contributed by atoms with Gasteiger partial charge >= 0.3 is 0 Å². The van der Waals surface area contributed by atoms with E-state index in [9.17, 15) is 10.1 Å². The number of nitriles is 1. The summed E-state index contributed by atoms with van der Waals surface area (Å²) in [6.45, 7) is 0.447. The molecular weight excluding hydrogens is 547 g/mol. The maximum atomic E-state index is 12.5. The number of carbonyl (C=O) groups is 1. The van der Waals surface area contributed by atoms with Gasteiger partial charge in [0.25, 0.3) is 5.91 Å². The zero-order chi connectivity index (χ0) is 23.2. The molecule has 33 heavy (non-hydrogen) atoms. The summed E-state index contributed by atoms with van der Waals surface area (Å²) in [5.41, 5.74) is 2.39. The Labute approximate surface area is 210 Å². The number of ether oxygens (including phenoxy) is 1. The van der Waals surface area contributed by atoms with E-state index in [1.54, 1.807) is 30.3 Å². The standard InChI is InChI=1S/C27H18ClIN2O2/c28-23-8-10-24(11-9-23)31-27(32)22(16-30)13-18-6-12-26(25(29)15-18)33-17-19-5-7-20-3-1-2-4-21(20)14-19/h1-15H,17H2,(H,31,32)/b22-13-. The lowest BCUT2D eigenvalue weighted by Gasteiger charge is -2.10. The van der Waals surface area contributed by atoms with Crippen molar-refractivity contribution in [2.45, 2.75) is 6.61 Å². The number of carbonyl (C=O) groups excluding carboxylic acids is 1. The molecule has 0 aromatic heterocycles. The number of benzene rings is 4. The molecule has 4 aromatic rings. The topological polar surface area (TPSA) is 62.1 Å². The quantitative estimate of drug-likeness (QED) is 0.153. The van der Waals surface area contributed by atoms with E-state index < -0.39 is 5.91 Å². The molecule has 1 N–H and O–H groups in total. The Morgan fingerprint density at radius 1 is 1.00 bits per heavy atom. The molecule has 0 heterocycles. The van der Waals surface area contributed by atoms with Crippen molar-refractivity contribution in [3.8, 4) is 11.8 Å². The molecule has 0 atom stereocenters. The predicted molar refractivity (Wildman–Crippen MR) is 141 cm³/mol. The van der Waals surface area contributed by atoms with E-state index in [0.29, 0.717) is 17.3 Å². The Bertz CT molecular complexity index is 1390. The fourth-order valence-corrected chi connectivity index (χ4v) is 4.08. The predicted octanol–water partition coefficient (Wildman–Crippen LogP) is 7.22. The molecule has 0 saturated heterocycles. The van der Waals surface area contributed by atoms with E-state index in [4.69, 9.17) is 16.3 Å². The second-order valence-corrected chi connectivity index (χ2v) is 8.89. The van der Waals surface area contributed by atoms with E-state index in [1.165, 1.54) is 10.8 Å². The van der Waals surface area contributed by atoms with Crippen LogP contribution in [0.1, 0.15) is 11.1 Å². The summed E-state index contributed by atoms with van der Waals surface area (Å²) in [6, 6.07) is 28.7. The molecule has 0 spiro atoms. The highest BCUT2D eigenvalue weighted by Gasteiger charge is 2.11. The second kappa shape index (κ2) is 10.5. The highest BCUT2D eigenvalue weighted by molar-refractivity contribution is 14.1. The molecule has 162 valence electrons. The summed E-state index contributed by atoms with van der Waals surface area (Å²) in [7, 11) is 0. The fraction of sp³-hybridized carbons (Fsp3) is 0.0370. The summed E-state index contributed by atoms with van der Waals surface area (Å²) in [5.74, 6) is 0.261. The molecule has 0 fully saturated rings. The Morgan fingerprint density at radius 2 is 1.76 bits per heavy atom. The van der Waals surface area contributed by atoms with Gasteiger partial charge in [-0.15, -0.1) is 0 Å². The largest absolute Gasteiger partial charge is 0.488 e. The monoisotopic (exact) mass is 564 g/mol. The van der Waals surface area contributed by atoms with Gasteiger partial charge in [-0.3, -0.25) is 4.79 Å². The number of anilines is 1. The van der Waals surface area contributed by atoms with Crippen LogP contribution in [-0.4, -0.2) is 5.91 Å². The van der Waals surface area contributed by atoms with E-state index in [1.807, 2.05) is 36.4 Å². The van der Waals surface area contributed by atoms with Crippen LogP contribution in [0.5, 0.6) is 5.75 Å². The summed E-state index contributed by atoms with van der Waals surface area (Å²) >= 11 is 8.06. The normalized spacial score (nSPS) is 11.1. The molecule has 0 aliphatic rings. The zero-order valence-electron chi connectivity index (χ0n) is 17.4. The van der Waals surface area contributed by atoms with Crippen LogP contribution in [0.15, 0.2) is 90.5 Å². The van der Waals surface area contributed by atoms with Crippen molar-refractivity contribution in [2.75, 3.05) is 5.32 Å². The average molecular weight is 565 g/mol. The van der Waals surface area contributed by atoms with Crippen LogP contribution in [0.2, 0.25) is 5.02 Å². The van der Waals surface area contributed by atoms with Gasteiger partial charge in [-0.25, -0.2) is 0 Å². The first-order chi connectivity index (χ1) is 16.0. The first-order valence-electron chi connectivity index (χ1n) is 10.1. The first-order valence-corrected chi connectivity index (χ1v) is 11.6. The minimum absolute atomic E-state index is 0.00517. The lowest BCUT2D eigenvalue weighted by molar-refractivity contribution is -0.112. The van der Waals surface area contributed by atoms with Gasteiger partial charge in [0.05, 0.1) is 3.57 Å². The van der Waals surface area contributed by atoms with Gasteiger partial charge in [0.1, 0.15) is 24.0 Å². The van der Waals surface area contributed by atoms with Gasteiger partial charge in [-0.1, -0.05) is 54.1 Å². The van der Waals surface area contributed by atoms with Crippen molar-refractivity contribution in [3.05, 3.63) is 110 Å². The highest BCUT2D eigenvalue weighted by atomic mass is 127. The smallest absolute Gasteiger partial charge is 0.266 e. The van der Waals surface area contributed by atoms with Crippen molar-refractivity contribution in [3.63, 3.8) is 0 Å². The second-order valence-electron chi connectivity index (χ2n) is 7.29. The molecule has 0 radical (unpaired) electrons. The number of amides is 1. The lowest BCUT2D eigenvalue weighted by atomic mass is 10.1. The molecule has 0 bridgehead atoms. The van der Waals surface area contributed by atoms with Crippen LogP contribution in [0.25, 0.3) is 16.8 Å². The number of nitrogens with zero attached hydrogens (tertiary/aromatic N) is 1. The molecule has 0 unspecified atom stereocenters. The molecule has 6 heteroatoms. The number of halogens is 2. The maximum absolute atomic E-state index is 12.5. The van der Waals surface area contributed by atoms with Gasteiger partial charge < -0.3 is 10.1 Å². The van der Waals surface area contributed by atoms with Gasteiger partial charge in [0.2, 0.25) is 0 Å². The van der Waals surface area contributed by atoms with E-state index in [-0.39, 0.29) is 5.57 Å². The molecular formula is C27H18ClIN2O2. The van der Waals surface area contributed by atoms with Gasteiger partial charge in [-0.2, -0.15) is 5.26 Å². The van der Waals surface area contributed by atoms with Crippen molar-refractivity contribution in [1.82, 2.24) is 0 Å².